The summed E-state index contributed by atoms with van der Waals surface area (Å²) in [5.74, 6) is -1.03. The number of phenols is 2. The van der Waals surface area contributed by atoms with Crippen molar-refractivity contribution >= 4 is 5.69 Å². The lowest BCUT2D eigenvalue weighted by molar-refractivity contribution is -0.385. The van der Waals surface area contributed by atoms with Crippen molar-refractivity contribution in [3.8, 4) is 40.2 Å². The van der Waals surface area contributed by atoms with Gasteiger partial charge in [-0.3, -0.25) is 10.1 Å². The van der Waals surface area contributed by atoms with Gasteiger partial charge in [0.2, 0.25) is 17.5 Å². The van der Waals surface area contributed by atoms with Crippen molar-refractivity contribution in [1.29, 1.82) is 0 Å². The molecule has 0 spiro atoms. The summed E-state index contributed by atoms with van der Waals surface area (Å²) < 4.78 is 10.4. The standard InChI is InChI=1S/C17H15N5O7/c23-13-8-11(7-12(15(13)24)22(25)26)17-19-16(20-28-17)10-1-2-18-14(9-10)29-21-3-5-27-6-4-21/h1-2,7-9,23-24H,3-6H2. The predicted octanol–water partition coefficient (Wildman–Crippen LogP) is 1.74. The molecule has 12 nitrogen and oxygen atoms in total. The summed E-state index contributed by atoms with van der Waals surface area (Å²) in [6.45, 7) is 2.36. The minimum atomic E-state index is -0.836. The van der Waals surface area contributed by atoms with Crippen molar-refractivity contribution in [3.05, 3.63) is 40.6 Å². The van der Waals surface area contributed by atoms with Gasteiger partial charge in [0.05, 0.1) is 36.8 Å². The molecule has 12 heteroatoms. The molecule has 2 aromatic heterocycles. The van der Waals surface area contributed by atoms with Gasteiger partial charge in [0.25, 0.3) is 5.89 Å². The summed E-state index contributed by atoms with van der Waals surface area (Å²) in [7, 11) is 0. The van der Waals surface area contributed by atoms with Crippen LogP contribution in [0.3, 0.4) is 0 Å². The SMILES string of the molecule is O=[N+]([O-])c1cc(-c2nc(-c3ccnc(ON4CCOCC4)c3)no2)cc(O)c1O. The van der Waals surface area contributed by atoms with E-state index in [1.54, 1.807) is 17.2 Å². The minimum absolute atomic E-state index is 0.0640. The van der Waals surface area contributed by atoms with Crippen molar-refractivity contribution in [3.63, 3.8) is 0 Å². The number of ether oxygens (including phenoxy) is 1. The van der Waals surface area contributed by atoms with Gasteiger partial charge in [0, 0.05) is 23.9 Å². The van der Waals surface area contributed by atoms with Gasteiger partial charge in [-0.05, 0) is 12.1 Å². The molecule has 1 aliphatic heterocycles. The highest BCUT2D eigenvalue weighted by molar-refractivity contribution is 5.68. The second kappa shape index (κ2) is 7.69. The van der Waals surface area contributed by atoms with Crippen LogP contribution in [0.1, 0.15) is 0 Å². The van der Waals surface area contributed by atoms with Crippen LogP contribution >= 0.6 is 0 Å². The van der Waals surface area contributed by atoms with E-state index >= 15 is 0 Å². The Hall–Kier alpha value is -3.77. The molecule has 0 atom stereocenters. The zero-order valence-corrected chi connectivity index (χ0v) is 14.9. The van der Waals surface area contributed by atoms with Gasteiger partial charge in [-0.1, -0.05) is 5.16 Å². The Balaban J connectivity index is 1.60. The van der Waals surface area contributed by atoms with Crippen molar-refractivity contribution in [2.45, 2.75) is 0 Å². The number of aromatic nitrogens is 3. The summed E-state index contributed by atoms with van der Waals surface area (Å²) >= 11 is 0. The molecule has 0 amide bonds. The van der Waals surface area contributed by atoms with E-state index in [1.165, 1.54) is 6.20 Å². The zero-order chi connectivity index (χ0) is 20.4. The molecule has 1 aromatic carbocycles. The highest BCUT2D eigenvalue weighted by atomic mass is 16.7. The number of nitro groups is 1. The monoisotopic (exact) mass is 401 g/mol. The van der Waals surface area contributed by atoms with E-state index in [1.807, 2.05) is 0 Å². The molecule has 2 N–H and O–H groups in total. The number of pyridine rings is 1. The van der Waals surface area contributed by atoms with E-state index < -0.39 is 22.1 Å². The number of nitrogens with zero attached hydrogens (tertiary/aromatic N) is 5. The van der Waals surface area contributed by atoms with E-state index in [0.717, 1.165) is 12.1 Å². The Morgan fingerprint density at radius 2 is 1.97 bits per heavy atom. The molecule has 150 valence electrons. The molecule has 1 fully saturated rings. The van der Waals surface area contributed by atoms with Crippen LogP contribution in [0.5, 0.6) is 17.4 Å². The Morgan fingerprint density at radius 3 is 2.72 bits per heavy atom. The molecule has 0 bridgehead atoms. The third-order valence-corrected chi connectivity index (χ3v) is 4.13. The highest BCUT2D eigenvalue weighted by Gasteiger charge is 2.22. The number of morpholine rings is 1. The Labute approximate surface area is 163 Å². The van der Waals surface area contributed by atoms with Gasteiger partial charge in [-0.2, -0.15) is 4.98 Å². The molecule has 0 radical (unpaired) electrons. The van der Waals surface area contributed by atoms with Crippen molar-refractivity contribution in [2.24, 2.45) is 0 Å². The summed E-state index contributed by atoms with van der Waals surface area (Å²) in [5.41, 5.74) is -0.0368. The van der Waals surface area contributed by atoms with Crippen molar-refractivity contribution in [2.75, 3.05) is 26.3 Å². The number of rotatable bonds is 5. The zero-order valence-electron chi connectivity index (χ0n) is 14.9. The number of hydrogen-bond donors (Lipinski definition) is 2. The Bertz CT molecular complexity index is 1050. The lowest BCUT2D eigenvalue weighted by Crippen LogP contribution is -2.38. The summed E-state index contributed by atoms with van der Waals surface area (Å²) in [5, 5.41) is 35.9. The smallest absolute Gasteiger partial charge is 0.315 e. The normalized spacial score (nSPS) is 14.6. The molecule has 1 aliphatic rings. The number of hydroxylamine groups is 2. The second-order valence-electron chi connectivity index (χ2n) is 6.06. The number of nitro benzene ring substituents is 1. The van der Waals surface area contributed by atoms with E-state index in [-0.39, 0.29) is 17.3 Å². The Morgan fingerprint density at radius 1 is 1.17 bits per heavy atom. The van der Waals surface area contributed by atoms with Crippen LogP contribution in [0.4, 0.5) is 5.69 Å². The first-order chi connectivity index (χ1) is 14.0. The van der Waals surface area contributed by atoms with Gasteiger partial charge >= 0.3 is 5.69 Å². The Kier molecular flexibility index (Phi) is 4.93. The third-order valence-electron chi connectivity index (χ3n) is 4.13. The van der Waals surface area contributed by atoms with Crippen molar-refractivity contribution < 1.29 is 29.2 Å². The lowest BCUT2D eigenvalue weighted by Gasteiger charge is -2.25. The predicted molar refractivity (Wildman–Crippen MR) is 96.0 cm³/mol. The fourth-order valence-corrected chi connectivity index (χ4v) is 2.69. The van der Waals surface area contributed by atoms with Gasteiger partial charge in [-0.25, -0.2) is 4.98 Å². The van der Waals surface area contributed by atoms with Crippen LogP contribution in [-0.2, 0) is 4.74 Å². The van der Waals surface area contributed by atoms with Crippen LogP contribution in [-0.4, -0.2) is 61.6 Å². The minimum Gasteiger partial charge on any atom is -0.504 e. The first-order valence-corrected chi connectivity index (χ1v) is 8.53. The number of phenolic OH excluding ortho intramolecular Hbond substituents is 2. The fraction of sp³-hybridized carbons (Fsp3) is 0.235. The molecule has 3 aromatic rings. The first kappa shape index (κ1) is 18.6. The summed E-state index contributed by atoms with van der Waals surface area (Å²) in [4.78, 5) is 24.2. The van der Waals surface area contributed by atoms with Gasteiger partial charge in [0.15, 0.2) is 5.75 Å². The molecule has 3 heterocycles. The molecular weight excluding hydrogens is 386 g/mol. The van der Waals surface area contributed by atoms with Crippen molar-refractivity contribution in [1.82, 2.24) is 20.2 Å². The van der Waals surface area contributed by atoms with Crippen LogP contribution in [0.15, 0.2) is 35.0 Å². The van der Waals surface area contributed by atoms with E-state index in [0.29, 0.717) is 37.7 Å². The molecule has 4 rings (SSSR count). The second-order valence-corrected chi connectivity index (χ2v) is 6.06. The molecule has 0 saturated carbocycles. The first-order valence-electron chi connectivity index (χ1n) is 8.53. The van der Waals surface area contributed by atoms with Gasteiger partial charge < -0.3 is 24.3 Å². The van der Waals surface area contributed by atoms with Gasteiger partial charge in [0.1, 0.15) is 0 Å². The molecule has 29 heavy (non-hydrogen) atoms. The fourth-order valence-electron chi connectivity index (χ4n) is 2.69. The maximum Gasteiger partial charge on any atom is 0.315 e. The largest absolute Gasteiger partial charge is 0.504 e. The number of hydrogen-bond acceptors (Lipinski definition) is 11. The third kappa shape index (κ3) is 3.93. The van der Waals surface area contributed by atoms with E-state index in [9.17, 15) is 20.3 Å². The van der Waals surface area contributed by atoms with E-state index in [4.69, 9.17) is 14.1 Å². The number of aromatic hydroxyl groups is 2. The van der Waals surface area contributed by atoms with E-state index in [2.05, 4.69) is 15.1 Å². The molecule has 1 saturated heterocycles. The lowest BCUT2D eigenvalue weighted by atomic mass is 10.1. The average Bonchev–Trinajstić information content (AvgIpc) is 3.21. The highest BCUT2D eigenvalue weighted by Crippen LogP contribution is 2.39. The van der Waals surface area contributed by atoms with Crippen LogP contribution < -0.4 is 4.84 Å². The molecule has 0 unspecified atom stereocenters. The number of benzene rings is 1. The van der Waals surface area contributed by atoms with Crippen LogP contribution in [0.25, 0.3) is 22.8 Å². The van der Waals surface area contributed by atoms with Gasteiger partial charge in [-0.15, -0.1) is 5.06 Å². The van der Waals surface area contributed by atoms with Crippen LogP contribution in [0.2, 0.25) is 0 Å². The summed E-state index contributed by atoms with van der Waals surface area (Å²) in [6, 6.07) is 5.41. The molecule has 0 aliphatic carbocycles. The maximum absolute atomic E-state index is 11.0. The average molecular weight is 401 g/mol. The maximum atomic E-state index is 11.0. The quantitative estimate of drug-likeness (QED) is 0.364. The van der Waals surface area contributed by atoms with Crippen LogP contribution in [0, 0.1) is 10.1 Å². The topological polar surface area (TPSA) is 157 Å². The molecular formula is C17H15N5O7. The summed E-state index contributed by atoms with van der Waals surface area (Å²) in [6.07, 6.45) is 1.53.